The van der Waals surface area contributed by atoms with E-state index < -0.39 is 5.43 Å². The highest BCUT2D eigenvalue weighted by Crippen LogP contribution is 2.36. The lowest BCUT2D eigenvalue weighted by molar-refractivity contribution is 0.308. The predicted octanol–water partition coefficient (Wildman–Crippen LogP) is 3.67. The van der Waals surface area contributed by atoms with E-state index in [1.807, 2.05) is 6.92 Å². The standard InChI is InChI=1S/C19H18O6/c1-3-8-24-19-17(22)16-14(21)9-12(20)10-15(16)25-18(19)11-4-6-13(23-2)7-5-11/h4-7,9-10,20-21H,3,8H2,1-2H3. The number of hydrogen-bond donors (Lipinski definition) is 2. The van der Waals surface area contributed by atoms with E-state index in [0.29, 0.717) is 24.3 Å². The molecule has 0 amide bonds. The molecule has 0 radical (unpaired) electrons. The molecule has 25 heavy (non-hydrogen) atoms. The van der Waals surface area contributed by atoms with Crippen molar-refractivity contribution in [1.82, 2.24) is 0 Å². The summed E-state index contributed by atoms with van der Waals surface area (Å²) in [5.74, 6) is 0.375. The molecule has 1 aromatic heterocycles. The summed E-state index contributed by atoms with van der Waals surface area (Å²) in [5.41, 5.74) is 0.212. The van der Waals surface area contributed by atoms with Crippen molar-refractivity contribution >= 4 is 11.0 Å². The smallest absolute Gasteiger partial charge is 0.239 e. The van der Waals surface area contributed by atoms with Crippen molar-refractivity contribution < 1.29 is 24.1 Å². The summed E-state index contributed by atoms with van der Waals surface area (Å²) in [6.07, 6.45) is 0.709. The fourth-order valence-electron chi connectivity index (χ4n) is 2.54. The van der Waals surface area contributed by atoms with Crippen molar-refractivity contribution in [3.8, 4) is 34.3 Å². The van der Waals surface area contributed by atoms with Gasteiger partial charge in [-0.05, 0) is 30.7 Å². The molecule has 2 N–H and O–H groups in total. The van der Waals surface area contributed by atoms with Gasteiger partial charge in [-0.25, -0.2) is 0 Å². The van der Waals surface area contributed by atoms with Crippen LogP contribution in [0.25, 0.3) is 22.3 Å². The fraction of sp³-hybridized carbons (Fsp3) is 0.211. The van der Waals surface area contributed by atoms with Crippen molar-refractivity contribution in [2.24, 2.45) is 0 Å². The van der Waals surface area contributed by atoms with Gasteiger partial charge in [-0.15, -0.1) is 0 Å². The highest BCUT2D eigenvalue weighted by Gasteiger charge is 2.20. The summed E-state index contributed by atoms with van der Waals surface area (Å²) in [5, 5.41) is 19.7. The molecule has 0 bridgehead atoms. The summed E-state index contributed by atoms with van der Waals surface area (Å²) < 4.78 is 16.6. The van der Waals surface area contributed by atoms with Gasteiger partial charge in [0.1, 0.15) is 28.2 Å². The van der Waals surface area contributed by atoms with Gasteiger partial charge in [0, 0.05) is 17.7 Å². The Balaban J connectivity index is 2.29. The van der Waals surface area contributed by atoms with Crippen LogP contribution >= 0.6 is 0 Å². The van der Waals surface area contributed by atoms with E-state index in [2.05, 4.69) is 0 Å². The van der Waals surface area contributed by atoms with E-state index in [4.69, 9.17) is 13.9 Å². The van der Waals surface area contributed by atoms with Gasteiger partial charge in [-0.1, -0.05) is 6.92 Å². The maximum Gasteiger partial charge on any atom is 0.239 e. The van der Waals surface area contributed by atoms with Crippen LogP contribution in [0.5, 0.6) is 23.0 Å². The van der Waals surface area contributed by atoms with E-state index in [0.717, 1.165) is 6.07 Å². The second kappa shape index (κ2) is 6.76. The van der Waals surface area contributed by atoms with Crippen molar-refractivity contribution in [3.63, 3.8) is 0 Å². The van der Waals surface area contributed by atoms with Crippen molar-refractivity contribution in [1.29, 1.82) is 0 Å². The molecule has 0 saturated carbocycles. The molecule has 6 nitrogen and oxygen atoms in total. The Morgan fingerprint density at radius 3 is 2.48 bits per heavy atom. The van der Waals surface area contributed by atoms with E-state index >= 15 is 0 Å². The number of hydrogen-bond acceptors (Lipinski definition) is 6. The zero-order valence-corrected chi connectivity index (χ0v) is 13.9. The molecule has 0 aliphatic rings. The SMILES string of the molecule is CCCOc1c(-c2ccc(OC)cc2)oc2cc(O)cc(O)c2c1=O. The Labute approximate surface area is 143 Å². The minimum atomic E-state index is -0.488. The minimum absolute atomic E-state index is 0.0267. The van der Waals surface area contributed by atoms with Crippen LogP contribution in [0.1, 0.15) is 13.3 Å². The number of ether oxygens (including phenoxy) is 2. The Morgan fingerprint density at radius 2 is 1.84 bits per heavy atom. The summed E-state index contributed by atoms with van der Waals surface area (Å²) >= 11 is 0. The number of aromatic hydroxyl groups is 2. The third-order valence-corrected chi connectivity index (χ3v) is 3.72. The highest BCUT2D eigenvalue weighted by atomic mass is 16.5. The summed E-state index contributed by atoms with van der Waals surface area (Å²) in [7, 11) is 1.56. The van der Waals surface area contributed by atoms with Crippen LogP contribution in [0.4, 0.5) is 0 Å². The van der Waals surface area contributed by atoms with E-state index in [-0.39, 0.29) is 34.0 Å². The molecule has 0 saturated heterocycles. The van der Waals surface area contributed by atoms with Gasteiger partial charge in [0.2, 0.25) is 11.2 Å². The lowest BCUT2D eigenvalue weighted by atomic mass is 10.1. The van der Waals surface area contributed by atoms with Crippen LogP contribution < -0.4 is 14.9 Å². The van der Waals surface area contributed by atoms with Gasteiger partial charge in [0.15, 0.2) is 5.76 Å². The molecule has 6 heteroatoms. The van der Waals surface area contributed by atoms with Gasteiger partial charge in [-0.3, -0.25) is 4.79 Å². The van der Waals surface area contributed by atoms with Gasteiger partial charge in [-0.2, -0.15) is 0 Å². The van der Waals surface area contributed by atoms with Crippen LogP contribution in [0, 0.1) is 0 Å². The second-order valence-corrected chi connectivity index (χ2v) is 5.50. The third-order valence-electron chi connectivity index (χ3n) is 3.72. The second-order valence-electron chi connectivity index (χ2n) is 5.50. The minimum Gasteiger partial charge on any atom is -0.508 e. The predicted molar refractivity (Wildman–Crippen MR) is 93.6 cm³/mol. The maximum absolute atomic E-state index is 12.8. The van der Waals surface area contributed by atoms with E-state index in [9.17, 15) is 15.0 Å². The van der Waals surface area contributed by atoms with Crippen LogP contribution in [-0.4, -0.2) is 23.9 Å². The fourth-order valence-corrected chi connectivity index (χ4v) is 2.54. The first kappa shape index (κ1) is 16.7. The van der Waals surface area contributed by atoms with Gasteiger partial charge >= 0.3 is 0 Å². The molecular weight excluding hydrogens is 324 g/mol. The third kappa shape index (κ3) is 3.10. The van der Waals surface area contributed by atoms with Crippen LogP contribution in [-0.2, 0) is 0 Å². The number of rotatable bonds is 5. The largest absolute Gasteiger partial charge is 0.508 e. The lowest BCUT2D eigenvalue weighted by Crippen LogP contribution is -2.11. The number of phenolic OH excluding ortho intramolecular Hbond substituents is 2. The van der Waals surface area contributed by atoms with Crippen LogP contribution in [0.2, 0.25) is 0 Å². The number of fused-ring (bicyclic) bond motifs is 1. The summed E-state index contributed by atoms with van der Waals surface area (Å²) in [4.78, 5) is 12.8. The number of benzene rings is 2. The molecule has 130 valence electrons. The van der Waals surface area contributed by atoms with Gasteiger partial charge in [0.05, 0.1) is 13.7 Å². The van der Waals surface area contributed by atoms with Gasteiger partial charge < -0.3 is 24.1 Å². The Bertz CT molecular complexity index is 956. The Kier molecular flexibility index (Phi) is 4.52. The normalized spacial score (nSPS) is 10.8. The van der Waals surface area contributed by atoms with E-state index in [1.165, 1.54) is 6.07 Å². The molecule has 0 aliphatic carbocycles. The summed E-state index contributed by atoms with van der Waals surface area (Å²) in [6, 6.07) is 9.34. The lowest BCUT2D eigenvalue weighted by Gasteiger charge is -2.12. The molecule has 3 rings (SSSR count). The molecule has 0 fully saturated rings. The molecule has 0 spiro atoms. The average molecular weight is 342 g/mol. The molecule has 0 aliphatic heterocycles. The molecule has 3 aromatic rings. The first-order valence-electron chi connectivity index (χ1n) is 7.85. The average Bonchev–Trinajstić information content (AvgIpc) is 2.60. The molecular formula is C19H18O6. The topological polar surface area (TPSA) is 89.1 Å². The summed E-state index contributed by atoms with van der Waals surface area (Å²) in [6.45, 7) is 2.25. The molecule has 1 heterocycles. The Morgan fingerprint density at radius 1 is 1.12 bits per heavy atom. The quantitative estimate of drug-likeness (QED) is 0.735. The number of methoxy groups -OCH3 is 1. The molecule has 0 atom stereocenters. The van der Waals surface area contributed by atoms with Gasteiger partial charge in [0.25, 0.3) is 0 Å². The Hall–Kier alpha value is -3.15. The van der Waals surface area contributed by atoms with Crippen molar-refractivity contribution in [3.05, 3.63) is 46.6 Å². The van der Waals surface area contributed by atoms with Crippen molar-refractivity contribution in [2.45, 2.75) is 13.3 Å². The zero-order valence-electron chi connectivity index (χ0n) is 13.9. The molecule has 2 aromatic carbocycles. The van der Waals surface area contributed by atoms with Crippen molar-refractivity contribution in [2.75, 3.05) is 13.7 Å². The van der Waals surface area contributed by atoms with Crippen LogP contribution in [0.15, 0.2) is 45.6 Å². The first-order chi connectivity index (χ1) is 12.0. The molecule has 0 unspecified atom stereocenters. The van der Waals surface area contributed by atoms with Crippen LogP contribution in [0.3, 0.4) is 0 Å². The monoisotopic (exact) mass is 342 g/mol. The highest BCUT2D eigenvalue weighted by molar-refractivity contribution is 5.88. The first-order valence-corrected chi connectivity index (χ1v) is 7.85. The number of phenols is 2. The maximum atomic E-state index is 12.8. The zero-order chi connectivity index (χ0) is 18.0. The van der Waals surface area contributed by atoms with E-state index in [1.54, 1.807) is 31.4 Å².